The highest BCUT2D eigenvalue weighted by Crippen LogP contribution is 2.35. The third-order valence-electron chi connectivity index (χ3n) is 4.98. The molecule has 0 saturated carbocycles. The Kier molecular flexibility index (Phi) is 5.00. The molecule has 1 aliphatic heterocycles. The van der Waals surface area contributed by atoms with Gasteiger partial charge in [0, 0.05) is 31.0 Å². The van der Waals surface area contributed by atoms with E-state index >= 15 is 0 Å². The van der Waals surface area contributed by atoms with Crippen molar-refractivity contribution in [3.8, 4) is 5.69 Å². The van der Waals surface area contributed by atoms with Gasteiger partial charge in [-0.15, -0.1) is 0 Å². The molecule has 6 heteroatoms. The van der Waals surface area contributed by atoms with E-state index in [0.717, 1.165) is 24.7 Å². The number of alkyl halides is 3. The van der Waals surface area contributed by atoms with Gasteiger partial charge < -0.3 is 9.30 Å². The van der Waals surface area contributed by atoms with Crippen LogP contribution in [0.3, 0.4) is 0 Å². The molecular formula is C22H21F3N2O. The van der Waals surface area contributed by atoms with Gasteiger partial charge in [-0.25, -0.2) is 0 Å². The highest BCUT2D eigenvalue weighted by Gasteiger charge is 2.34. The summed E-state index contributed by atoms with van der Waals surface area (Å²) in [5.41, 5.74) is 2.70. The lowest BCUT2D eigenvalue weighted by atomic mass is 10.1. The van der Waals surface area contributed by atoms with Gasteiger partial charge in [-0.1, -0.05) is 42.0 Å². The lowest BCUT2D eigenvalue weighted by Gasteiger charge is -2.22. The second kappa shape index (κ2) is 7.45. The highest BCUT2D eigenvalue weighted by molar-refractivity contribution is 5.44. The predicted molar refractivity (Wildman–Crippen MR) is 101 cm³/mol. The van der Waals surface area contributed by atoms with Crippen molar-refractivity contribution in [3.05, 3.63) is 89.2 Å². The van der Waals surface area contributed by atoms with E-state index in [2.05, 4.69) is 29.2 Å². The first-order valence-corrected chi connectivity index (χ1v) is 9.17. The molecule has 1 fully saturated rings. The number of benzene rings is 2. The molecule has 0 spiro atoms. The van der Waals surface area contributed by atoms with E-state index in [4.69, 9.17) is 4.74 Å². The largest absolute Gasteiger partial charge is 0.418 e. The normalized spacial score (nSPS) is 17.9. The third kappa shape index (κ3) is 3.84. The molecule has 0 unspecified atom stereocenters. The molecule has 1 atom stereocenters. The van der Waals surface area contributed by atoms with Crippen LogP contribution in [0.5, 0.6) is 0 Å². The molecule has 4 rings (SSSR count). The first-order chi connectivity index (χ1) is 13.4. The van der Waals surface area contributed by atoms with Crippen LogP contribution >= 0.6 is 0 Å². The summed E-state index contributed by atoms with van der Waals surface area (Å²) in [5.74, 6) is 0. The van der Waals surface area contributed by atoms with E-state index in [1.807, 2.05) is 13.0 Å². The number of hydrogen-bond acceptors (Lipinski definition) is 2. The molecule has 2 heterocycles. The standard InChI is InChI=1S/C22H21F3N2O/c1-16-6-8-17(9-7-16)14-27-12-13-28-21(27)18-10-11-26(15-18)20-5-3-2-4-19(20)22(23,24)25/h2-11,15,21H,12-14H2,1H3/t21-/m1/s1. The van der Waals surface area contributed by atoms with Gasteiger partial charge in [-0.3, -0.25) is 4.90 Å². The number of para-hydroxylation sites is 1. The van der Waals surface area contributed by atoms with Crippen molar-refractivity contribution in [1.29, 1.82) is 0 Å². The van der Waals surface area contributed by atoms with Crippen molar-refractivity contribution in [2.45, 2.75) is 25.9 Å². The van der Waals surface area contributed by atoms with E-state index < -0.39 is 11.7 Å². The topological polar surface area (TPSA) is 17.4 Å². The average molecular weight is 386 g/mol. The molecule has 0 N–H and O–H groups in total. The van der Waals surface area contributed by atoms with E-state index in [1.165, 1.54) is 27.8 Å². The first-order valence-electron chi connectivity index (χ1n) is 9.17. The average Bonchev–Trinajstić information content (AvgIpc) is 3.32. The number of hydrogen-bond donors (Lipinski definition) is 0. The van der Waals surface area contributed by atoms with Crippen molar-refractivity contribution >= 4 is 0 Å². The molecule has 28 heavy (non-hydrogen) atoms. The van der Waals surface area contributed by atoms with Crippen molar-refractivity contribution in [1.82, 2.24) is 9.47 Å². The quantitative estimate of drug-likeness (QED) is 0.603. The van der Waals surface area contributed by atoms with Gasteiger partial charge in [-0.2, -0.15) is 13.2 Å². The fraction of sp³-hybridized carbons (Fsp3) is 0.273. The third-order valence-corrected chi connectivity index (χ3v) is 4.98. The Morgan fingerprint density at radius 2 is 1.79 bits per heavy atom. The van der Waals surface area contributed by atoms with Crippen LogP contribution in [0.4, 0.5) is 13.2 Å². The number of aromatic nitrogens is 1. The molecule has 1 saturated heterocycles. The molecule has 0 amide bonds. The van der Waals surface area contributed by atoms with Crippen LogP contribution in [0.1, 0.15) is 28.5 Å². The Hall–Kier alpha value is -2.57. The van der Waals surface area contributed by atoms with Crippen LogP contribution in [-0.2, 0) is 17.5 Å². The number of ether oxygens (including phenoxy) is 1. The second-order valence-corrected chi connectivity index (χ2v) is 7.05. The van der Waals surface area contributed by atoms with E-state index in [0.29, 0.717) is 6.61 Å². The lowest BCUT2D eigenvalue weighted by Crippen LogP contribution is -2.23. The fourth-order valence-corrected chi connectivity index (χ4v) is 3.55. The number of rotatable bonds is 4. The smallest absolute Gasteiger partial charge is 0.357 e. The zero-order chi connectivity index (χ0) is 19.7. The molecule has 146 valence electrons. The van der Waals surface area contributed by atoms with Gasteiger partial charge in [0.25, 0.3) is 0 Å². The maximum atomic E-state index is 13.3. The van der Waals surface area contributed by atoms with E-state index in [1.54, 1.807) is 18.5 Å². The zero-order valence-electron chi connectivity index (χ0n) is 15.5. The number of aryl methyl sites for hydroxylation is 1. The summed E-state index contributed by atoms with van der Waals surface area (Å²) < 4.78 is 47.4. The minimum atomic E-state index is -4.40. The molecule has 0 bridgehead atoms. The summed E-state index contributed by atoms with van der Waals surface area (Å²) in [6, 6.07) is 15.8. The van der Waals surface area contributed by atoms with Crippen LogP contribution in [-0.4, -0.2) is 22.6 Å². The summed E-state index contributed by atoms with van der Waals surface area (Å²) in [4.78, 5) is 2.19. The molecule has 1 aliphatic rings. The van der Waals surface area contributed by atoms with Gasteiger partial charge in [0.2, 0.25) is 0 Å². The Morgan fingerprint density at radius 1 is 1.04 bits per heavy atom. The molecule has 2 aromatic carbocycles. The first kappa shape index (κ1) is 18.8. The number of nitrogens with zero attached hydrogens (tertiary/aromatic N) is 2. The maximum Gasteiger partial charge on any atom is 0.418 e. The maximum absolute atomic E-state index is 13.3. The molecule has 3 aromatic rings. The summed E-state index contributed by atoms with van der Waals surface area (Å²) in [6.07, 6.45) is -1.28. The molecule has 0 radical (unpaired) electrons. The van der Waals surface area contributed by atoms with Gasteiger partial charge in [0.05, 0.1) is 17.9 Å². The van der Waals surface area contributed by atoms with E-state index in [9.17, 15) is 13.2 Å². The molecule has 3 nitrogen and oxygen atoms in total. The monoisotopic (exact) mass is 386 g/mol. The van der Waals surface area contributed by atoms with Crippen LogP contribution in [0.15, 0.2) is 67.0 Å². The minimum absolute atomic E-state index is 0.115. The van der Waals surface area contributed by atoms with Gasteiger partial charge >= 0.3 is 6.18 Å². The Labute approximate surface area is 162 Å². The van der Waals surface area contributed by atoms with Crippen LogP contribution < -0.4 is 0 Å². The summed E-state index contributed by atoms with van der Waals surface area (Å²) in [7, 11) is 0. The van der Waals surface area contributed by atoms with Gasteiger partial charge in [0.1, 0.15) is 6.23 Å². The molecule has 1 aromatic heterocycles. The summed E-state index contributed by atoms with van der Waals surface area (Å²) >= 11 is 0. The van der Waals surface area contributed by atoms with E-state index in [-0.39, 0.29) is 11.9 Å². The fourth-order valence-electron chi connectivity index (χ4n) is 3.55. The van der Waals surface area contributed by atoms with Crippen molar-refractivity contribution in [3.63, 3.8) is 0 Å². The predicted octanol–water partition coefficient (Wildman–Crippen LogP) is 5.34. The minimum Gasteiger partial charge on any atom is -0.357 e. The SMILES string of the molecule is Cc1ccc(CN2CCO[C@@H]2c2ccn(-c3ccccc3C(F)(F)F)c2)cc1. The van der Waals surface area contributed by atoms with Crippen molar-refractivity contribution in [2.75, 3.05) is 13.2 Å². The second-order valence-electron chi connectivity index (χ2n) is 7.05. The highest BCUT2D eigenvalue weighted by atomic mass is 19.4. The van der Waals surface area contributed by atoms with Crippen LogP contribution in [0.25, 0.3) is 5.69 Å². The van der Waals surface area contributed by atoms with Gasteiger partial charge in [-0.05, 0) is 30.7 Å². The van der Waals surface area contributed by atoms with Crippen LogP contribution in [0.2, 0.25) is 0 Å². The zero-order valence-corrected chi connectivity index (χ0v) is 15.5. The molecule has 0 aliphatic carbocycles. The summed E-state index contributed by atoms with van der Waals surface area (Å²) in [6.45, 7) is 4.16. The van der Waals surface area contributed by atoms with Crippen molar-refractivity contribution in [2.24, 2.45) is 0 Å². The van der Waals surface area contributed by atoms with Crippen molar-refractivity contribution < 1.29 is 17.9 Å². The molecular weight excluding hydrogens is 365 g/mol. The summed E-state index contributed by atoms with van der Waals surface area (Å²) in [5, 5.41) is 0. The van der Waals surface area contributed by atoms with Crippen LogP contribution in [0, 0.1) is 6.92 Å². The Balaban J connectivity index is 1.58. The Bertz CT molecular complexity index is 947. The van der Waals surface area contributed by atoms with Gasteiger partial charge in [0.15, 0.2) is 0 Å². The Morgan fingerprint density at radius 3 is 2.54 bits per heavy atom. The lowest BCUT2D eigenvalue weighted by molar-refractivity contribution is -0.137. The number of halogens is 3.